The number of nitrogens with zero attached hydrogens (tertiary/aromatic N) is 2. The lowest BCUT2D eigenvalue weighted by Crippen LogP contribution is -2.02. The van der Waals surface area contributed by atoms with E-state index in [4.69, 9.17) is 10.5 Å². The van der Waals surface area contributed by atoms with E-state index in [1.165, 1.54) is 5.56 Å². The van der Waals surface area contributed by atoms with E-state index in [0.29, 0.717) is 17.5 Å². The van der Waals surface area contributed by atoms with Gasteiger partial charge in [-0.15, -0.1) is 0 Å². The Morgan fingerprint density at radius 1 is 1.30 bits per heavy atom. The number of hydrogen-bond acceptors (Lipinski definition) is 3. The topological polar surface area (TPSA) is 53.1 Å². The van der Waals surface area contributed by atoms with Gasteiger partial charge < -0.3 is 10.5 Å². The molecule has 108 valence electrons. The molecular weight excluding hydrogens is 250 g/mol. The van der Waals surface area contributed by atoms with E-state index < -0.39 is 0 Å². The van der Waals surface area contributed by atoms with Gasteiger partial charge >= 0.3 is 0 Å². The zero-order chi connectivity index (χ0) is 14.9. The van der Waals surface area contributed by atoms with Gasteiger partial charge in [0.2, 0.25) is 5.88 Å². The van der Waals surface area contributed by atoms with E-state index in [0.717, 1.165) is 23.6 Å². The lowest BCUT2D eigenvalue weighted by atomic mass is 10.0. The number of nitrogen functional groups attached to an aromatic ring is 1. The highest BCUT2D eigenvalue weighted by Crippen LogP contribution is 2.33. The molecule has 0 aliphatic rings. The van der Waals surface area contributed by atoms with Gasteiger partial charge in [-0.2, -0.15) is 5.10 Å². The number of nitrogens with two attached hydrogens (primary N) is 1. The Bertz CT molecular complexity index is 614. The lowest BCUT2D eigenvalue weighted by Gasteiger charge is -2.13. The molecule has 2 aromatic rings. The maximum absolute atomic E-state index is 6.07. The molecular formula is C16H23N3O. The van der Waals surface area contributed by atoms with Gasteiger partial charge in [-0.1, -0.05) is 26.0 Å². The SMILES string of the molecule is CCn1nc(C)c(N)c1Oc1cc(C(C)C)ccc1C. The van der Waals surface area contributed by atoms with Crippen molar-refractivity contribution in [2.24, 2.45) is 0 Å². The third kappa shape index (κ3) is 2.64. The fourth-order valence-corrected chi connectivity index (χ4v) is 2.09. The second-order valence-electron chi connectivity index (χ2n) is 5.40. The summed E-state index contributed by atoms with van der Waals surface area (Å²) in [5.74, 6) is 1.94. The van der Waals surface area contributed by atoms with Crippen molar-refractivity contribution in [2.45, 2.75) is 47.1 Å². The molecule has 0 saturated heterocycles. The van der Waals surface area contributed by atoms with Crippen LogP contribution in [-0.4, -0.2) is 9.78 Å². The quantitative estimate of drug-likeness (QED) is 0.915. The number of aryl methyl sites for hydroxylation is 3. The molecule has 4 heteroatoms. The number of anilines is 1. The van der Waals surface area contributed by atoms with Crippen molar-refractivity contribution < 1.29 is 4.74 Å². The molecule has 2 N–H and O–H groups in total. The Balaban J connectivity index is 2.42. The Morgan fingerprint density at radius 3 is 2.60 bits per heavy atom. The van der Waals surface area contributed by atoms with Crippen LogP contribution in [0.3, 0.4) is 0 Å². The van der Waals surface area contributed by atoms with Crippen molar-refractivity contribution >= 4 is 5.69 Å². The predicted octanol–water partition coefficient (Wildman–Crippen LogP) is 4.02. The first kappa shape index (κ1) is 14.4. The smallest absolute Gasteiger partial charge is 0.241 e. The van der Waals surface area contributed by atoms with Crippen LogP contribution in [0, 0.1) is 13.8 Å². The average molecular weight is 273 g/mol. The molecule has 4 nitrogen and oxygen atoms in total. The van der Waals surface area contributed by atoms with Gasteiger partial charge in [0, 0.05) is 6.54 Å². The predicted molar refractivity (Wildman–Crippen MR) is 82.4 cm³/mol. The van der Waals surface area contributed by atoms with E-state index in [1.54, 1.807) is 4.68 Å². The zero-order valence-electron chi connectivity index (χ0n) is 12.9. The van der Waals surface area contributed by atoms with Gasteiger partial charge in [-0.25, -0.2) is 4.68 Å². The van der Waals surface area contributed by atoms with Crippen LogP contribution in [0.5, 0.6) is 11.6 Å². The van der Waals surface area contributed by atoms with E-state index in [1.807, 2.05) is 20.8 Å². The van der Waals surface area contributed by atoms with Crippen LogP contribution in [0.15, 0.2) is 18.2 Å². The van der Waals surface area contributed by atoms with E-state index in [9.17, 15) is 0 Å². The molecule has 1 heterocycles. The number of benzene rings is 1. The second kappa shape index (κ2) is 5.57. The molecule has 0 bridgehead atoms. The molecule has 0 fully saturated rings. The van der Waals surface area contributed by atoms with Crippen LogP contribution in [0.2, 0.25) is 0 Å². The van der Waals surface area contributed by atoms with Gasteiger partial charge in [0.1, 0.15) is 11.4 Å². The number of hydrogen-bond donors (Lipinski definition) is 1. The largest absolute Gasteiger partial charge is 0.437 e. The molecule has 0 aliphatic heterocycles. The highest BCUT2D eigenvalue weighted by atomic mass is 16.5. The molecule has 1 aromatic heterocycles. The minimum absolute atomic E-state index is 0.466. The summed E-state index contributed by atoms with van der Waals surface area (Å²) in [5.41, 5.74) is 9.83. The van der Waals surface area contributed by atoms with Gasteiger partial charge in [0.05, 0.1) is 5.69 Å². The molecule has 2 rings (SSSR count). The zero-order valence-corrected chi connectivity index (χ0v) is 12.9. The van der Waals surface area contributed by atoms with Crippen LogP contribution in [0.1, 0.15) is 43.5 Å². The molecule has 0 amide bonds. The highest BCUT2D eigenvalue weighted by molar-refractivity contribution is 5.54. The molecule has 0 atom stereocenters. The van der Waals surface area contributed by atoms with E-state index >= 15 is 0 Å². The number of aromatic nitrogens is 2. The molecule has 0 aliphatic carbocycles. The molecule has 1 aromatic carbocycles. The van der Waals surface area contributed by atoms with Crippen molar-refractivity contribution in [2.75, 3.05) is 5.73 Å². The summed E-state index contributed by atoms with van der Waals surface area (Å²) in [6.45, 7) is 11.0. The van der Waals surface area contributed by atoms with E-state index in [2.05, 4.69) is 37.1 Å². The fourth-order valence-electron chi connectivity index (χ4n) is 2.09. The van der Waals surface area contributed by atoms with Gasteiger partial charge in [-0.05, 0) is 43.9 Å². The number of ether oxygens (including phenoxy) is 1. The Labute approximate surface area is 120 Å². The number of rotatable bonds is 4. The molecule has 0 unspecified atom stereocenters. The van der Waals surface area contributed by atoms with Crippen molar-refractivity contribution in [1.29, 1.82) is 0 Å². The van der Waals surface area contributed by atoms with Crippen molar-refractivity contribution in [3.8, 4) is 11.6 Å². The van der Waals surface area contributed by atoms with Crippen LogP contribution in [-0.2, 0) is 6.54 Å². The minimum Gasteiger partial charge on any atom is -0.437 e. The third-order valence-electron chi connectivity index (χ3n) is 3.51. The minimum atomic E-state index is 0.466. The maximum Gasteiger partial charge on any atom is 0.241 e. The summed E-state index contributed by atoms with van der Waals surface area (Å²) in [5, 5.41) is 4.38. The Hall–Kier alpha value is -1.97. The molecule has 0 saturated carbocycles. The monoisotopic (exact) mass is 273 g/mol. The lowest BCUT2D eigenvalue weighted by molar-refractivity contribution is 0.415. The first-order valence-corrected chi connectivity index (χ1v) is 7.05. The summed E-state index contributed by atoms with van der Waals surface area (Å²) in [6.07, 6.45) is 0. The van der Waals surface area contributed by atoms with Crippen LogP contribution >= 0.6 is 0 Å². The van der Waals surface area contributed by atoms with E-state index in [-0.39, 0.29) is 0 Å². The summed E-state index contributed by atoms with van der Waals surface area (Å²) < 4.78 is 7.85. The second-order valence-corrected chi connectivity index (χ2v) is 5.40. The van der Waals surface area contributed by atoms with Crippen molar-refractivity contribution in [3.05, 3.63) is 35.0 Å². The van der Waals surface area contributed by atoms with Gasteiger partial charge in [-0.3, -0.25) is 0 Å². The third-order valence-corrected chi connectivity index (χ3v) is 3.51. The van der Waals surface area contributed by atoms with Crippen LogP contribution in [0.4, 0.5) is 5.69 Å². The van der Waals surface area contributed by atoms with Crippen molar-refractivity contribution in [3.63, 3.8) is 0 Å². The summed E-state index contributed by atoms with van der Waals surface area (Å²) >= 11 is 0. The molecule has 0 radical (unpaired) electrons. The fraction of sp³-hybridized carbons (Fsp3) is 0.438. The Morgan fingerprint density at radius 2 is 2.00 bits per heavy atom. The first-order chi connectivity index (χ1) is 9.43. The first-order valence-electron chi connectivity index (χ1n) is 7.05. The van der Waals surface area contributed by atoms with Crippen LogP contribution < -0.4 is 10.5 Å². The van der Waals surface area contributed by atoms with Crippen LogP contribution in [0.25, 0.3) is 0 Å². The van der Waals surface area contributed by atoms with Gasteiger partial charge in [0.25, 0.3) is 0 Å². The molecule has 20 heavy (non-hydrogen) atoms. The average Bonchev–Trinajstić information content (AvgIpc) is 2.68. The summed E-state index contributed by atoms with van der Waals surface area (Å²) in [4.78, 5) is 0. The normalized spacial score (nSPS) is 11.1. The maximum atomic E-state index is 6.07. The molecule has 0 spiro atoms. The summed E-state index contributed by atoms with van der Waals surface area (Å²) in [7, 11) is 0. The Kier molecular flexibility index (Phi) is 4.02. The highest BCUT2D eigenvalue weighted by Gasteiger charge is 2.15. The van der Waals surface area contributed by atoms with Crippen molar-refractivity contribution in [1.82, 2.24) is 9.78 Å². The van der Waals surface area contributed by atoms with Gasteiger partial charge in [0.15, 0.2) is 0 Å². The summed E-state index contributed by atoms with van der Waals surface area (Å²) in [6, 6.07) is 6.31. The standard InChI is InChI=1S/C16H23N3O/c1-6-19-16(15(17)12(5)18-19)20-14-9-13(10(2)3)8-7-11(14)4/h7-10H,6,17H2,1-5H3.